The topological polar surface area (TPSA) is 20.3 Å². The Kier molecular flexibility index (Phi) is 3.17. The van der Waals surface area contributed by atoms with Crippen LogP contribution >= 0.6 is 0 Å². The number of likely N-dealkylation sites (tertiary alicyclic amines) is 1. The zero-order valence-electron chi connectivity index (χ0n) is 9.15. The van der Waals surface area contributed by atoms with Crippen LogP contribution in [0.5, 0.6) is 0 Å². The Morgan fingerprint density at radius 1 is 1.40 bits per heavy atom. The first-order valence-electron chi connectivity index (χ1n) is 5.52. The summed E-state index contributed by atoms with van der Waals surface area (Å²) >= 11 is 0. The van der Waals surface area contributed by atoms with Crippen molar-refractivity contribution in [3.05, 3.63) is 35.9 Å². The predicted molar refractivity (Wildman–Crippen MR) is 60.9 cm³/mol. The third kappa shape index (κ3) is 2.66. The first-order valence-corrected chi connectivity index (χ1v) is 5.52. The van der Waals surface area contributed by atoms with Crippen LogP contribution in [0.3, 0.4) is 0 Å². The molecule has 0 N–H and O–H groups in total. The molecule has 0 radical (unpaired) electrons. The molecule has 1 aromatic rings. The molecule has 15 heavy (non-hydrogen) atoms. The van der Waals surface area contributed by atoms with Gasteiger partial charge in [-0.05, 0) is 31.4 Å². The largest absolute Gasteiger partial charge is 0.299 e. The fraction of sp³-hybridized carbons (Fsp3) is 0.462. The normalized spacial score (nSPS) is 21.8. The van der Waals surface area contributed by atoms with E-state index in [2.05, 4.69) is 29.2 Å². The lowest BCUT2D eigenvalue weighted by molar-refractivity contribution is -0.117. The highest BCUT2D eigenvalue weighted by Crippen LogP contribution is 2.26. The molecule has 2 nitrogen and oxygen atoms in total. The minimum Gasteiger partial charge on any atom is -0.299 e. The monoisotopic (exact) mass is 203 g/mol. The quantitative estimate of drug-likeness (QED) is 0.749. The van der Waals surface area contributed by atoms with Crippen molar-refractivity contribution >= 4 is 5.78 Å². The van der Waals surface area contributed by atoms with E-state index in [-0.39, 0.29) is 5.78 Å². The Labute approximate surface area is 90.9 Å². The molecule has 0 aliphatic carbocycles. The zero-order chi connectivity index (χ0) is 10.7. The van der Waals surface area contributed by atoms with Crippen molar-refractivity contribution in [1.82, 2.24) is 4.90 Å². The van der Waals surface area contributed by atoms with Crippen LogP contribution < -0.4 is 0 Å². The first-order chi connectivity index (χ1) is 7.25. The smallest absolute Gasteiger partial charge is 0.143 e. The molecule has 1 saturated heterocycles. The molecule has 2 rings (SSSR count). The summed E-state index contributed by atoms with van der Waals surface area (Å²) in [7, 11) is 0. The van der Waals surface area contributed by atoms with Crippen LogP contribution in [0.1, 0.15) is 24.8 Å². The number of hydrogen-bond donors (Lipinski definition) is 0. The number of benzene rings is 1. The molecule has 0 spiro atoms. The van der Waals surface area contributed by atoms with Crippen molar-refractivity contribution in [2.24, 2.45) is 0 Å². The summed E-state index contributed by atoms with van der Waals surface area (Å²) in [5.74, 6) is 0.884. The van der Waals surface area contributed by atoms with E-state index in [0.29, 0.717) is 12.5 Å². The van der Waals surface area contributed by atoms with Crippen molar-refractivity contribution in [2.75, 3.05) is 19.6 Å². The van der Waals surface area contributed by atoms with Crippen LogP contribution in [0.25, 0.3) is 0 Å². The van der Waals surface area contributed by atoms with Crippen LogP contribution in [-0.4, -0.2) is 30.3 Å². The number of nitrogens with zero attached hydrogens (tertiary/aromatic N) is 1. The SMILES string of the molecule is CC(=O)CN1CCC(c2ccccc2)C1. The number of ketones is 1. The van der Waals surface area contributed by atoms with Gasteiger partial charge in [0.1, 0.15) is 5.78 Å². The third-order valence-electron chi connectivity index (χ3n) is 2.99. The Morgan fingerprint density at radius 2 is 2.13 bits per heavy atom. The van der Waals surface area contributed by atoms with Crippen molar-refractivity contribution in [3.63, 3.8) is 0 Å². The Balaban J connectivity index is 1.96. The molecule has 80 valence electrons. The minimum atomic E-state index is 0.267. The van der Waals surface area contributed by atoms with Crippen molar-refractivity contribution in [2.45, 2.75) is 19.3 Å². The van der Waals surface area contributed by atoms with Gasteiger partial charge < -0.3 is 0 Å². The van der Waals surface area contributed by atoms with Crippen LogP contribution in [0.2, 0.25) is 0 Å². The summed E-state index contributed by atoms with van der Waals surface area (Å²) in [6.07, 6.45) is 1.18. The second-order valence-electron chi connectivity index (χ2n) is 4.33. The Hall–Kier alpha value is -1.15. The second-order valence-corrected chi connectivity index (χ2v) is 4.33. The van der Waals surface area contributed by atoms with Gasteiger partial charge in [-0.3, -0.25) is 9.69 Å². The summed E-state index contributed by atoms with van der Waals surface area (Å²) in [6.45, 7) is 4.36. The Bertz CT molecular complexity index is 334. The molecule has 1 unspecified atom stereocenters. The summed E-state index contributed by atoms with van der Waals surface area (Å²) < 4.78 is 0. The highest BCUT2D eigenvalue weighted by Gasteiger charge is 2.23. The molecule has 1 atom stereocenters. The standard InChI is InChI=1S/C13H17NO/c1-11(15)9-14-8-7-13(10-14)12-5-3-2-4-6-12/h2-6,13H,7-10H2,1H3. The third-order valence-corrected chi connectivity index (χ3v) is 2.99. The van der Waals surface area contributed by atoms with Gasteiger partial charge in [-0.15, -0.1) is 0 Å². The van der Waals surface area contributed by atoms with Gasteiger partial charge in [0.05, 0.1) is 6.54 Å². The molecule has 1 heterocycles. The van der Waals surface area contributed by atoms with E-state index in [1.807, 2.05) is 6.07 Å². The molecule has 0 amide bonds. The summed E-state index contributed by atoms with van der Waals surface area (Å²) in [5.41, 5.74) is 1.41. The zero-order valence-corrected chi connectivity index (χ0v) is 9.15. The van der Waals surface area contributed by atoms with Gasteiger partial charge in [0.2, 0.25) is 0 Å². The molecule has 0 saturated carbocycles. The van der Waals surface area contributed by atoms with E-state index < -0.39 is 0 Å². The average molecular weight is 203 g/mol. The molecule has 1 aromatic carbocycles. The van der Waals surface area contributed by atoms with Gasteiger partial charge in [0, 0.05) is 6.54 Å². The van der Waals surface area contributed by atoms with Gasteiger partial charge in [0.15, 0.2) is 0 Å². The number of hydrogen-bond acceptors (Lipinski definition) is 2. The number of Topliss-reactive ketones (excluding diaryl/α,β-unsaturated/α-hetero) is 1. The minimum absolute atomic E-state index is 0.267. The van der Waals surface area contributed by atoms with Crippen molar-refractivity contribution in [1.29, 1.82) is 0 Å². The Morgan fingerprint density at radius 3 is 2.80 bits per heavy atom. The van der Waals surface area contributed by atoms with Gasteiger partial charge in [-0.1, -0.05) is 30.3 Å². The number of carbonyl (C=O) groups excluding carboxylic acids is 1. The number of rotatable bonds is 3. The summed E-state index contributed by atoms with van der Waals surface area (Å²) in [5, 5.41) is 0. The predicted octanol–water partition coefficient (Wildman–Crippen LogP) is 2.06. The van der Waals surface area contributed by atoms with E-state index in [1.165, 1.54) is 12.0 Å². The lowest BCUT2D eigenvalue weighted by Crippen LogP contribution is -2.26. The molecule has 0 aromatic heterocycles. The van der Waals surface area contributed by atoms with Crippen LogP contribution in [0.15, 0.2) is 30.3 Å². The average Bonchev–Trinajstić information content (AvgIpc) is 2.67. The van der Waals surface area contributed by atoms with E-state index in [4.69, 9.17) is 0 Å². The molecule has 2 heteroatoms. The summed E-state index contributed by atoms with van der Waals surface area (Å²) in [4.78, 5) is 13.3. The fourth-order valence-electron chi connectivity index (χ4n) is 2.29. The maximum Gasteiger partial charge on any atom is 0.143 e. The van der Waals surface area contributed by atoms with Crippen LogP contribution in [0.4, 0.5) is 0 Å². The fourth-order valence-corrected chi connectivity index (χ4v) is 2.29. The van der Waals surface area contributed by atoms with E-state index >= 15 is 0 Å². The molecular formula is C13H17NO. The van der Waals surface area contributed by atoms with Gasteiger partial charge in [0.25, 0.3) is 0 Å². The first kappa shape index (κ1) is 10.4. The highest BCUT2D eigenvalue weighted by atomic mass is 16.1. The van der Waals surface area contributed by atoms with Gasteiger partial charge >= 0.3 is 0 Å². The number of carbonyl (C=O) groups is 1. The highest BCUT2D eigenvalue weighted by molar-refractivity contribution is 5.77. The maximum absolute atomic E-state index is 11.0. The maximum atomic E-state index is 11.0. The van der Waals surface area contributed by atoms with E-state index in [9.17, 15) is 4.79 Å². The second kappa shape index (κ2) is 4.58. The van der Waals surface area contributed by atoms with Gasteiger partial charge in [-0.25, -0.2) is 0 Å². The van der Waals surface area contributed by atoms with Crippen molar-refractivity contribution in [3.8, 4) is 0 Å². The molecule has 1 aliphatic heterocycles. The van der Waals surface area contributed by atoms with Crippen LogP contribution in [-0.2, 0) is 4.79 Å². The summed E-state index contributed by atoms with van der Waals surface area (Å²) in [6, 6.07) is 10.6. The lowest BCUT2D eigenvalue weighted by atomic mass is 9.99. The van der Waals surface area contributed by atoms with Crippen molar-refractivity contribution < 1.29 is 4.79 Å². The van der Waals surface area contributed by atoms with E-state index in [0.717, 1.165) is 13.1 Å². The molecular weight excluding hydrogens is 186 g/mol. The molecule has 0 bridgehead atoms. The van der Waals surface area contributed by atoms with Gasteiger partial charge in [-0.2, -0.15) is 0 Å². The molecule has 1 aliphatic rings. The van der Waals surface area contributed by atoms with E-state index in [1.54, 1.807) is 6.92 Å². The lowest BCUT2D eigenvalue weighted by Gasteiger charge is -2.13. The van der Waals surface area contributed by atoms with Crippen LogP contribution in [0, 0.1) is 0 Å². The molecule has 1 fully saturated rings.